The Morgan fingerprint density at radius 1 is 1.28 bits per heavy atom. The minimum absolute atomic E-state index is 0.0162. The van der Waals surface area contributed by atoms with Gasteiger partial charge in [-0.25, -0.2) is 9.37 Å². The molecule has 1 saturated heterocycles. The number of halogens is 1. The average molecular weight is 397 g/mol. The van der Waals surface area contributed by atoms with Gasteiger partial charge < -0.3 is 15.3 Å². The van der Waals surface area contributed by atoms with Gasteiger partial charge in [0.2, 0.25) is 5.91 Å². The molecule has 1 aliphatic heterocycles. The molecule has 0 bridgehead atoms. The number of carbonyl (C=O) groups is 2. The van der Waals surface area contributed by atoms with Crippen LogP contribution in [0.4, 0.5) is 10.1 Å². The lowest BCUT2D eigenvalue weighted by atomic mass is 9.71. The topological polar surface area (TPSA) is 82.5 Å². The molecule has 4 rings (SSSR count). The number of aliphatic hydroxyl groups is 1. The summed E-state index contributed by atoms with van der Waals surface area (Å²) in [5.74, 6) is -0.639. The summed E-state index contributed by atoms with van der Waals surface area (Å²) in [6, 6.07) is 11.0. The lowest BCUT2D eigenvalue weighted by Crippen LogP contribution is -2.46. The molecule has 7 heteroatoms. The maximum Gasteiger partial charge on any atom is 0.270 e. The van der Waals surface area contributed by atoms with Gasteiger partial charge in [-0.2, -0.15) is 0 Å². The zero-order chi connectivity index (χ0) is 20.4. The zero-order valence-corrected chi connectivity index (χ0v) is 16.1. The number of nitrogens with zero attached hydrogens (tertiary/aromatic N) is 2. The van der Waals surface area contributed by atoms with Gasteiger partial charge in [-0.15, -0.1) is 0 Å². The number of nitrogens with one attached hydrogen (secondary N) is 1. The number of carbonyl (C=O) groups excluding carboxylic acids is 2. The molecule has 6 nitrogen and oxygen atoms in total. The van der Waals surface area contributed by atoms with E-state index in [4.69, 9.17) is 0 Å². The molecular formula is C22H24FN3O3. The van der Waals surface area contributed by atoms with Crippen molar-refractivity contribution < 1.29 is 19.1 Å². The number of pyridine rings is 1. The summed E-state index contributed by atoms with van der Waals surface area (Å²) >= 11 is 0. The van der Waals surface area contributed by atoms with Gasteiger partial charge in [0, 0.05) is 18.3 Å². The van der Waals surface area contributed by atoms with Crippen molar-refractivity contribution in [3.8, 4) is 0 Å². The van der Waals surface area contributed by atoms with Crippen molar-refractivity contribution in [2.45, 2.75) is 44.8 Å². The maximum absolute atomic E-state index is 13.6. The second-order valence-corrected chi connectivity index (χ2v) is 7.91. The van der Waals surface area contributed by atoms with Gasteiger partial charge in [0.1, 0.15) is 11.5 Å². The predicted octanol–water partition coefficient (Wildman–Crippen LogP) is 2.81. The molecule has 0 radical (unpaired) electrons. The van der Waals surface area contributed by atoms with Crippen LogP contribution in [0.2, 0.25) is 0 Å². The molecule has 1 saturated carbocycles. The van der Waals surface area contributed by atoms with E-state index in [9.17, 15) is 19.1 Å². The van der Waals surface area contributed by atoms with Gasteiger partial charge in [0.15, 0.2) is 0 Å². The molecule has 2 N–H and O–H groups in total. The molecule has 2 aliphatic rings. The van der Waals surface area contributed by atoms with Crippen molar-refractivity contribution in [3.63, 3.8) is 0 Å². The number of rotatable bonds is 4. The van der Waals surface area contributed by atoms with Crippen LogP contribution in [-0.4, -0.2) is 34.5 Å². The fraction of sp³-hybridized carbons (Fsp3) is 0.409. The van der Waals surface area contributed by atoms with Crippen molar-refractivity contribution in [3.05, 3.63) is 59.7 Å². The Kier molecular flexibility index (Phi) is 5.32. The second-order valence-electron chi connectivity index (χ2n) is 7.91. The minimum Gasteiger partial charge on any atom is -0.390 e. The summed E-state index contributed by atoms with van der Waals surface area (Å²) in [6.45, 7) is 0.334. The Balaban J connectivity index is 1.46. The molecule has 2 atom stereocenters. The van der Waals surface area contributed by atoms with E-state index < -0.39 is 5.41 Å². The van der Waals surface area contributed by atoms with Crippen LogP contribution < -0.4 is 10.2 Å². The molecule has 1 aromatic heterocycles. The van der Waals surface area contributed by atoms with E-state index in [0.29, 0.717) is 30.8 Å². The Bertz CT molecular complexity index is 935. The molecule has 2 aromatic rings. The second kappa shape index (κ2) is 7.91. The number of aromatic nitrogens is 1. The number of aliphatic hydroxyl groups excluding tert-OH is 1. The average Bonchev–Trinajstić information content (AvgIpc) is 3.03. The largest absolute Gasteiger partial charge is 0.390 e. The van der Waals surface area contributed by atoms with Crippen molar-refractivity contribution in [1.29, 1.82) is 0 Å². The summed E-state index contributed by atoms with van der Waals surface area (Å²) in [7, 11) is 0. The van der Waals surface area contributed by atoms with E-state index in [1.165, 1.54) is 12.1 Å². The molecule has 1 aliphatic carbocycles. The molecular weight excluding hydrogens is 373 g/mol. The number of amides is 2. The van der Waals surface area contributed by atoms with Crippen molar-refractivity contribution in [2.24, 2.45) is 5.41 Å². The van der Waals surface area contributed by atoms with Crippen LogP contribution in [0.5, 0.6) is 0 Å². The molecule has 2 fully saturated rings. The first-order valence-electron chi connectivity index (χ1n) is 9.96. The van der Waals surface area contributed by atoms with Crippen LogP contribution in [0.25, 0.3) is 0 Å². The van der Waals surface area contributed by atoms with Gasteiger partial charge in [-0.05, 0) is 56.0 Å². The fourth-order valence-electron chi connectivity index (χ4n) is 4.57. The number of hydrogen-bond acceptors (Lipinski definition) is 4. The standard InChI is InChI=1S/C22H24FN3O3/c23-15-4-1-7-18(12-15)26-11-10-22(21(26)29)9-3-6-16(13-22)25-20(28)19-8-2-5-17(14-27)24-19/h1-2,4-5,7-8,12,16,27H,3,6,9-11,13-14H2,(H,25,28)/t16-,22+/m1/s1. The predicted molar refractivity (Wildman–Crippen MR) is 106 cm³/mol. The highest BCUT2D eigenvalue weighted by Gasteiger charge is 2.49. The summed E-state index contributed by atoms with van der Waals surface area (Å²) in [5.41, 5.74) is 0.774. The smallest absolute Gasteiger partial charge is 0.270 e. The third kappa shape index (κ3) is 3.87. The lowest BCUT2D eigenvalue weighted by Gasteiger charge is -2.36. The van der Waals surface area contributed by atoms with Gasteiger partial charge in [-0.1, -0.05) is 18.6 Å². The van der Waals surface area contributed by atoms with Crippen LogP contribution in [0, 0.1) is 11.2 Å². The Morgan fingerprint density at radius 2 is 2.10 bits per heavy atom. The van der Waals surface area contributed by atoms with E-state index in [1.54, 1.807) is 35.2 Å². The van der Waals surface area contributed by atoms with Gasteiger partial charge in [-0.3, -0.25) is 9.59 Å². The first-order chi connectivity index (χ1) is 14.0. The number of benzene rings is 1. The summed E-state index contributed by atoms with van der Waals surface area (Å²) in [6.07, 6.45) is 3.70. The van der Waals surface area contributed by atoms with E-state index in [1.807, 2.05) is 0 Å². The molecule has 1 spiro atoms. The Labute approximate surface area is 168 Å². The van der Waals surface area contributed by atoms with Crippen molar-refractivity contribution in [2.75, 3.05) is 11.4 Å². The highest BCUT2D eigenvalue weighted by atomic mass is 19.1. The molecule has 29 heavy (non-hydrogen) atoms. The highest BCUT2D eigenvalue weighted by Crippen LogP contribution is 2.46. The van der Waals surface area contributed by atoms with E-state index in [0.717, 1.165) is 19.3 Å². The molecule has 1 aromatic carbocycles. The molecule has 152 valence electrons. The third-order valence-electron chi connectivity index (χ3n) is 6.01. The van der Waals surface area contributed by atoms with Gasteiger partial charge >= 0.3 is 0 Å². The Hall–Kier alpha value is -2.80. The van der Waals surface area contributed by atoms with Crippen LogP contribution in [0.15, 0.2) is 42.5 Å². The summed E-state index contributed by atoms with van der Waals surface area (Å²) in [4.78, 5) is 31.6. The summed E-state index contributed by atoms with van der Waals surface area (Å²) in [5, 5.41) is 12.2. The highest BCUT2D eigenvalue weighted by molar-refractivity contribution is 6.00. The number of hydrogen-bond donors (Lipinski definition) is 2. The first-order valence-corrected chi connectivity index (χ1v) is 9.96. The SMILES string of the molecule is O=C(N[C@@H]1CCC[C@]2(CCN(c3cccc(F)c3)C2=O)C1)c1cccc(CO)n1. The Morgan fingerprint density at radius 3 is 2.90 bits per heavy atom. The van der Waals surface area contributed by atoms with Crippen LogP contribution >= 0.6 is 0 Å². The summed E-state index contributed by atoms with van der Waals surface area (Å²) < 4.78 is 13.6. The minimum atomic E-state index is -0.511. The third-order valence-corrected chi connectivity index (χ3v) is 6.01. The lowest BCUT2D eigenvalue weighted by molar-refractivity contribution is -0.127. The molecule has 2 amide bonds. The van der Waals surface area contributed by atoms with Crippen molar-refractivity contribution >= 4 is 17.5 Å². The van der Waals surface area contributed by atoms with Crippen molar-refractivity contribution in [1.82, 2.24) is 10.3 Å². The number of anilines is 1. The van der Waals surface area contributed by atoms with Gasteiger partial charge in [0.05, 0.1) is 17.7 Å². The maximum atomic E-state index is 13.6. The zero-order valence-electron chi connectivity index (χ0n) is 16.1. The fourth-order valence-corrected chi connectivity index (χ4v) is 4.57. The molecule has 0 unspecified atom stereocenters. The van der Waals surface area contributed by atoms with E-state index >= 15 is 0 Å². The van der Waals surface area contributed by atoms with Crippen LogP contribution in [0.3, 0.4) is 0 Å². The first kappa shape index (κ1) is 19.5. The van der Waals surface area contributed by atoms with E-state index in [-0.39, 0.29) is 36.0 Å². The van der Waals surface area contributed by atoms with E-state index in [2.05, 4.69) is 10.3 Å². The quantitative estimate of drug-likeness (QED) is 0.831. The monoisotopic (exact) mass is 397 g/mol. The normalized spacial score (nSPS) is 24.1. The van der Waals surface area contributed by atoms with Gasteiger partial charge in [0.25, 0.3) is 5.91 Å². The van der Waals surface area contributed by atoms with Crippen LogP contribution in [0.1, 0.15) is 48.3 Å². The molecule has 2 heterocycles. The van der Waals surface area contributed by atoms with Crippen LogP contribution in [-0.2, 0) is 11.4 Å².